The first-order valence-corrected chi connectivity index (χ1v) is 11.5. The molecule has 5 nitrogen and oxygen atoms in total. The summed E-state index contributed by atoms with van der Waals surface area (Å²) in [5.74, 6) is 0.113. The second kappa shape index (κ2) is 11.1. The number of piperidine rings is 1. The minimum atomic E-state index is -3.15. The van der Waals surface area contributed by atoms with Crippen LogP contribution in [0.25, 0.3) is 11.1 Å². The van der Waals surface area contributed by atoms with Crippen molar-refractivity contribution in [3.8, 4) is 11.1 Å². The average molecular weight is 462 g/mol. The molecule has 0 saturated carbocycles. The zero-order valence-electron chi connectivity index (χ0n) is 18.6. The van der Waals surface area contributed by atoms with Gasteiger partial charge in [-0.2, -0.15) is 8.78 Å². The van der Waals surface area contributed by atoms with Crippen molar-refractivity contribution >= 4 is 5.91 Å². The van der Waals surface area contributed by atoms with Crippen LogP contribution in [-0.4, -0.2) is 61.2 Å². The summed E-state index contributed by atoms with van der Waals surface area (Å²) in [6, 6.07) is 10.5. The number of alkyl halides is 3. The van der Waals surface area contributed by atoms with Gasteiger partial charge in [-0.3, -0.25) is 14.7 Å². The third-order valence-electron chi connectivity index (χ3n) is 6.67. The van der Waals surface area contributed by atoms with E-state index in [4.69, 9.17) is 4.74 Å². The summed E-state index contributed by atoms with van der Waals surface area (Å²) in [5, 5.41) is 2.03. The Bertz CT molecular complexity index is 896. The van der Waals surface area contributed by atoms with Gasteiger partial charge in [-0.05, 0) is 55.5 Å². The SMILES string of the molecule is O=C(NC(CF)Cc1ccc(-c2ccc(CN3CCC(C4COC4)CC3)nc2)cc1)C(F)F. The van der Waals surface area contributed by atoms with E-state index in [0.717, 1.165) is 67.1 Å². The number of amides is 1. The molecule has 1 aromatic heterocycles. The van der Waals surface area contributed by atoms with E-state index in [1.165, 1.54) is 12.8 Å². The van der Waals surface area contributed by atoms with Crippen molar-refractivity contribution in [3.05, 3.63) is 53.9 Å². The average Bonchev–Trinajstić information content (AvgIpc) is 2.79. The third kappa shape index (κ3) is 6.32. The van der Waals surface area contributed by atoms with E-state index < -0.39 is 25.0 Å². The van der Waals surface area contributed by atoms with Crippen molar-refractivity contribution in [1.82, 2.24) is 15.2 Å². The van der Waals surface area contributed by atoms with Crippen LogP contribution < -0.4 is 5.32 Å². The van der Waals surface area contributed by atoms with Gasteiger partial charge in [-0.1, -0.05) is 30.3 Å². The van der Waals surface area contributed by atoms with Crippen LogP contribution in [0.1, 0.15) is 24.1 Å². The van der Waals surface area contributed by atoms with E-state index in [0.29, 0.717) is 0 Å². The molecule has 2 fully saturated rings. The van der Waals surface area contributed by atoms with Gasteiger partial charge in [0, 0.05) is 24.2 Å². The fourth-order valence-electron chi connectivity index (χ4n) is 4.55. The monoisotopic (exact) mass is 461 g/mol. The maximum Gasteiger partial charge on any atom is 0.315 e. The van der Waals surface area contributed by atoms with Crippen molar-refractivity contribution < 1.29 is 22.7 Å². The van der Waals surface area contributed by atoms with Gasteiger partial charge in [0.25, 0.3) is 5.91 Å². The first-order chi connectivity index (χ1) is 16.0. The molecule has 2 saturated heterocycles. The second-order valence-corrected chi connectivity index (χ2v) is 9.01. The smallest absolute Gasteiger partial charge is 0.315 e. The Morgan fingerprint density at radius 3 is 2.30 bits per heavy atom. The number of nitrogens with one attached hydrogen (secondary N) is 1. The standard InChI is InChI=1S/C25H30F3N3O2/c26-12-23(30-25(32)24(27)28)11-17-1-3-18(4-2-17)20-5-6-22(29-13-20)14-31-9-7-19(8-10-31)21-15-33-16-21/h1-6,13,19,21,23-24H,7-12,14-16H2,(H,30,32). The van der Waals surface area contributed by atoms with Gasteiger partial charge < -0.3 is 10.1 Å². The molecule has 1 unspecified atom stereocenters. The first-order valence-electron chi connectivity index (χ1n) is 11.5. The van der Waals surface area contributed by atoms with E-state index in [1.54, 1.807) is 0 Å². The molecule has 1 aromatic carbocycles. The minimum absolute atomic E-state index is 0.150. The van der Waals surface area contributed by atoms with Crippen LogP contribution in [0.3, 0.4) is 0 Å². The maximum atomic E-state index is 13.1. The molecule has 8 heteroatoms. The molecule has 4 rings (SSSR count). The molecule has 1 N–H and O–H groups in total. The van der Waals surface area contributed by atoms with E-state index in [1.807, 2.05) is 47.9 Å². The first kappa shape index (κ1) is 23.7. The number of aromatic nitrogens is 1. The number of pyridine rings is 1. The Hall–Kier alpha value is -2.45. The van der Waals surface area contributed by atoms with Crippen molar-refractivity contribution in [2.24, 2.45) is 11.8 Å². The Kier molecular flexibility index (Phi) is 7.98. The summed E-state index contributed by atoms with van der Waals surface area (Å²) in [6.07, 6.45) is 1.32. The lowest BCUT2D eigenvalue weighted by molar-refractivity contribution is -0.132. The Morgan fingerprint density at radius 2 is 1.76 bits per heavy atom. The number of ether oxygens (including phenoxy) is 1. The van der Waals surface area contributed by atoms with Gasteiger partial charge in [0.15, 0.2) is 0 Å². The topological polar surface area (TPSA) is 54.5 Å². The molecule has 2 aliphatic heterocycles. The quantitative estimate of drug-likeness (QED) is 0.616. The molecular formula is C25H30F3N3O2. The van der Waals surface area contributed by atoms with Crippen LogP contribution >= 0.6 is 0 Å². The zero-order chi connectivity index (χ0) is 23.2. The van der Waals surface area contributed by atoms with E-state index in [9.17, 15) is 18.0 Å². The van der Waals surface area contributed by atoms with Crippen LogP contribution in [-0.2, 0) is 22.5 Å². The lowest BCUT2D eigenvalue weighted by Crippen LogP contribution is -2.41. The van der Waals surface area contributed by atoms with E-state index in [-0.39, 0.29) is 6.42 Å². The third-order valence-corrected chi connectivity index (χ3v) is 6.67. The molecule has 1 atom stereocenters. The van der Waals surface area contributed by atoms with Gasteiger partial charge in [0.1, 0.15) is 6.67 Å². The van der Waals surface area contributed by atoms with Gasteiger partial charge >= 0.3 is 6.43 Å². The molecule has 1 amide bonds. The van der Waals surface area contributed by atoms with Crippen LogP contribution in [0.2, 0.25) is 0 Å². The molecule has 0 radical (unpaired) electrons. The summed E-state index contributed by atoms with van der Waals surface area (Å²) in [5.41, 5.74) is 3.75. The Balaban J connectivity index is 1.28. The van der Waals surface area contributed by atoms with Gasteiger partial charge in [0.2, 0.25) is 0 Å². The van der Waals surface area contributed by atoms with E-state index in [2.05, 4.69) is 9.88 Å². The van der Waals surface area contributed by atoms with Crippen LogP contribution in [0.4, 0.5) is 13.2 Å². The lowest BCUT2D eigenvalue weighted by Gasteiger charge is -2.39. The fourth-order valence-corrected chi connectivity index (χ4v) is 4.55. The molecule has 3 heterocycles. The van der Waals surface area contributed by atoms with Crippen molar-refractivity contribution in [2.45, 2.75) is 38.3 Å². The van der Waals surface area contributed by atoms with Crippen LogP contribution in [0, 0.1) is 11.8 Å². The predicted molar refractivity (Wildman–Crippen MR) is 120 cm³/mol. The summed E-state index contributed by atoms with van der Waals surface area (Å²) >= 11 is 0. The normalized spacial score (nSPS) is 18.8. The largest absolute Gasteiger partial charge is 0.381 e. The molecule has 178 valence electrons. The second-order valence-electron chi connectivity index (χ2n) is 9.01. The number of hydrogen-bond acceptors (Lipinski definition) is 4. The Labute approximate surface area is 192 Å². The van der Waals surface area contributed by atoms with Crippen LogP contribution in [0.15, 0.2) is 42.6 Å². The number of carbonyl (C=O) groups excluding carboxylic acids is 1. The summed E-state index contributed by atoms with van der Waals surface area (Å²) in [7, 11) is 0. The highest BCUT2D eigenvalue weighted by atomic mass is 19.3. The van der Waals surface area contributed by atoms with Crippen molar-refractivity contribution in [2.75, 3.05) is 33.0 Å². The highest BCUT2D eigenvalue weighted by Gasteiger charge is 2.31. The maximum absolute atomic E-state index is 13.1. The number of benzene rings is 1. The fraction of sp³-hybridized carbons (Fsp3) is 0.520. The summed E-state index contributed by atoms with van der Waals surface area (Å²) in [4.78, 5) is 18.2. The molecule has 0 bridgehead atoms. The highest BCUT2D eigenvalue weighted by Crippen LogP contribution is 2.30. The summed E-state index contributed by atoms with van der Waals surface area (Å²) < 4.78 is 43.2. The zero-order valence-corrected chi connectivity index (χ0v) is 18.6. The lowest BCUT2D eigenvalue weighted by atomic mass is 9.83. The number of likely N-dealkylation sites (tertiary alicyclic amines) is 1. The predicted octanol–water partition coefficient (Wildman–Crippen LogP) is 3.87. The molecular weight excluding hydrogens is 431 g/mol. The number of carbonyl (C=O) groups is 1. The van der Waals surface area contributed by atoms with Gasteiger partial charge in [-0.25, -0.2) is 4.39 Å². The van der Waals surface area contributed by atoms with Crippen molar-refractivity contribution in [3.63, 3.8) is 0 Å². The number of rotatable bonds is 9. The van der Waals surface area contributed by atoms with Crippen molar-refractivity contribution in [1.29, 1.82) is 0 Å². The number of halogens is 3. The number of nitrogens with zero attached hydrogens (tertiary/aromatic N) is 2. The molecule has 33 heavy (non-hydrogen) atoms. The van der Waals surface area contributed by atoms with Gasteiger partial charge in [-0.15, -0.1) is 0 Å². The summed E-state index contributed by atoms with van der Waals surface area (Å²) in [6.45, 7) is 4.01. The van der Waals surface area contributed by atoms with Crippen LogP contribution in [0.5, 0.6) is 0 Å². The molecule has 2 aliphatic rings. The molecule has 0 spiro atoms. The van der Waals surface area contributed by atoms with E-state index >= 15 is 0 Å². The Morgan fingerprint density at radius 1 is 1.06 bits per heavy atom. The highest BCUT2D eigenvalue weighted by molar-refractivity contribution is 5.79. The minimum Gasteiger partial charge on any atom is -0.381 e. The molecule has 2 aromatic rings. The molecule has 0 aliphatic carbocycles. The number of hydrogen-bond donors (Lipinski definition) is 1. The van der Waals surface area contributed by atoms with Gasteiger partial charge in [0.05, 0.1) is 24.9 Å².